The van der Waals surface area contributed by atoms with E-state index in [2.05, 4.69) is 26.3 Å². The van der Waals surface area contributed by atoms with E-state index in [4.69, 9.17) is 4.74 Å². The molecule has 0 radical (unpaired) electrons. The molecule has 4 N–H and O–H groups in total. The molecular weight excluding hydrogens is 594 g/mol. The number of benzene rings is 2. The van der Waals surface area contributed by atoms with E-state index in [1.807, 2.05) is 68.4 Å². The van der Waals surface area contributed by atoms with E-state index in [1.54, 1.807) is 13.8 Å². The number of aromatic nitrogens is 1. The fraction of sp³-hybridized carbons (Fsp3) is 0.455. The number of para-hydroxylation sites is 1. The summed E-state index contributed by atoms with van der Waals surface area (Å²) in [6.07, 6.45) is 0.186. The number of nitrogens with one attached hydrogen (secondary N) is 4. The maximum absolute atomic E-state index is 13.8. The van der Waals surface area contributed by atoms with Gasteiger partial charge in [0.2, 0.25) is 23.5 Å². The summed E-state index contributed by atoms with van der Waals surface area (Å²) in [5, 5.41) is 11.3. The Kier molecular flexibility index (Phi) is 11.6. The molecule has 45 heavy (non-hydrogen) atoms. The summed E-state index contributed by atoms with van der Waals surface area (Å²) in [5.74, 6) is -2.39. The molecule has 240 valence electrons. The number of thiazole rings is 1. The van der Waals surface area contributed by atoms with Gasteiger partial charge < -0.3 is 26.0 Å². The van der Waals surface area contributed by atoms with Gasteiger partial charge in [-0.2, -0.15) is 0 Å². The fourth-order valence-corrected chi connectivity index (χ4v) is 6.14. The summed E-state index contributed by atoms with van der Waals surface area (Å²) < 4.78 is 6.14. The van der Waals surface area contributed by atoms with Gasteiger partial charge in [0.05, 0.1) is 16.3 Å². The van der Waals surface area contributed by atoms with Crippen molar-refractivity contribution in [3.05, 3.63) is 65.2 Å². The van der Waals surface area contributed by atoms with Crippen LogP contribution in [0.2, 0.25) is 0 Å². The third-order valence-electron chi connectivity index (χ3n) is 7.60. The second kappa shape index (κ2) is 15.6. The normalized spacial score (nSPS) is 16.6. The first kappa shape index (κ1) is 33.6. The number of ketones is 1. The van der Waals surface area contributed by atoms with Gasteiger partial charge in [-0.3, -0.25) is 19.2 Å². The molecule has 4 atom stereocenters. The van der Waals surface area contributed by atoms with Crippen molar-refractivity contribution in [3.63, 3.8) is 0 Å². The Morgan fingerprint density at radius 2 is 1.62 bits per heavy atom. The van der Waals surface area contributed by atoms with Crippen LogP contribution in [0.3, 0.4) is 0 Å². The van der Waals surface area contributed by atoms with Gasteiger partial charge in [0.25, 0.3) is 0 Å². The summed E-state index contributed by atoms with van der Waals surface area (Å²) in [7, 11) is 0. The molecule has 0 aliphatic carbocycles. The minimum absolute atomic E-state index is 0.0152. The number of carbonyl (C=O) groups is 5. The number of rotatable bonds is 14. The van der Waals surface area contributed by atoms with Crippen molar-refractivity contribution >= 4 is 51.2 Å². The SMILES string of the molecule is CC(C)CC(NC(=O)C(NC(=O)OCc1ccccc1)C(C)C)C(=O)NC(CC1CCNC1=O)C(=O)c1nc2ccccc2s1. The minimum atomic E-state index is -1.02. The van der Waals surface area contributed by atoms with Crippen molar-refractivity contribution in [2.75, 3.05) is 6.54 Å². The molecule has 0 bridgehead atoms. The lowest BCUT2D eigenvalue weighted by Crippen LogP contribution is -2.57. The molecule has 1 saturated heterocycles. The lowest BCUT2D eigenvalue weighted by Gasteiger charge is -2.27. The van der Waals surface area contributed by atoms with E-state index in [1.165, 1.54) is 11.3 Å². The van der Waals surface area contributed by atoms with Crippen LogP contribution in [0.1, 0.15) is 62.3 Å². The van der Waals surface area contributed by atoms with Crippen molar-refractivity contribution in [1.29, 1.82) is 0 Å². The summed E-state index contributed by atoms with van der Waals surface area (Å²) >= 11 is 1.23. The van der Waals surface area contributed by atoms with Crippen LogP contribution in [0.5, 0.6) is 0 Å². The maximum Gasteiger partial charge on any atom is 0.408 e. The van der Waals surface area contributed by atoms with Crippen LogP contribution in [-0.4, -0.2) is 59.3 Å². The second-order valence-electron chi connectivity index (χ2n) is 12.0. The van der Waals surface area contributed by atoms with Crippen LogP contribution in [0.15, 0.2) is 54.6 Å². The van der Waals surface area contributed by atoms with Crippen molar-refractivity contribution < 1.29 is 28.7 Å². The quantitative estimate of drug-likeness (QED) is 0.195. The molecule has 0 saturated carbocycles. The van der Waals surface area contributed by atoms with Gasteiger partial charge in [0.15, 0.2) is 5.01 Å². The summed E-state index contributed by atoms with van der Waals surface area (Å²) in [6, 6.07) is 13.5. The zero-order valence-corrected chi connectivity index (χ0v) is 26.8. The fourth-order valence-electron chi connectivity index (χ4n) is 5.18. The lowest BCUT2D eigenvalue weighted by atomic mass is 9.94. The smallest absolute Gasteiger partial charge is 0.408 e. The zero-order chi connectivity index (χ0) is 32.5. The Labute approximate surface area is 266 Å². The average molecular weight is 636 g/mol. The van der Waals surface area contributed by atoms with Crippen molar-refractivity contribution in [2.45, 2.75) is 71.7 Å². The number of amides is 4. The van der Waals surface area contributed by atoms with E-state index in [9.17, 15) is 24.0 Å². The number of hydrogen-bond donors (Lipinski definition) is 4. The monoisotopic (exact) mass is 635 g/mol. The molecule has 1 aliphatic heterocycles. The van der Waals surface area contributed by atoms with E-state index in [-0.39, 0.29) is 48.0 Å². The van der Waals surface area contributed by atoms with Crippen LogP contribution in [0.25, 0.3) is 10.2 Å². The Bertz CT molecular complexity index is 1470. The van der Waals surface area contributed by atoms with Crippen molar-refractivity contribution in [1.82, 2.24) is 26.3 Å². The highest BCUT2D eigenvalue weighted by molar-refractivity contribution is 7.20. The topological polar surface area (TPSA) is 156 Å². The van der Waals surface area contributed by atoms with Gasteiger partial charge in [-0.05, 0) is 48.8 Å². The summed E-state index contributed by atoms with van der Waals surface area (Å²) in [5.41, 5.74) is 1.48. The van der Waals surface area contributed by atoms with Crippen molar-refractivity contribution in [3.8, 4) is 0 Å². The van der Waals surface area contributed by atoms with Gasteiger partial charge in [0.1, 0.15) is 18.7 Å². The van der Waals surface area contributed by atoms with Crippen LogP contribution in [0, 0.1) is 17.8 Å². The van der Waals surface area contributed by atoms with Gasteiger partial charge in [-0.1, -0.05) is 70.2 Å². The highest BCUT2D eigenvalue weighted by Crippen LogP contribution is 2.25. The highest BCUT2D eigenvalue weighted by Gasteiger charge is 2.36. The molecule has 11 nitrogen and oxygen atoms in total. The van der Waals surface area contributed by atoms with E-state index < -0.39 is 42.0 Å². The van der Waals surface area contributed by atoms with Gasteiger partial charge in [-0.25, -0.2) is 9.78 Å². The van der Waals surface area contributed by atoms with E-state index in [0.29, 0.717) is 18.5 Å². The standard InChI is InChI=1S/C33H41N5O6S/c1-19(2)16-25(36-31(42)27(20(3)4)38-33(43)44-18-21-10-6-5-7-11-21)30(41)35-24(17-22-14-15-34-29(22)40)28(39)32-37-23-12-8-9-13-26(23)45-32/h5-13,19-20,22,24-25,27H,14-18H2,1-4H3,(H,34,40)(H,35,41)(H,36,42)(H,38,43). The molecule has 2 heterocycles. The Morgan fingerprint density at radius 1 is 0.933 bits per heavy atom. The first-order chi connectivity index (χ1) is 21.5. The first-order valence-corrected chi connectivity index (χ1v) is 16.1. The van der Waals surface area contributed by atoms with Gasteiger partial charge >= 0.3 is 6.09 Å². The molecule has 4 amide bonds. The minimum Gasteiger partial charge on any atom is -0.445 e. The molecule has 4 rings (SSSR count). The number of ether oxygens (including phenoxy) is 1. The first-order valence-electron chi connectivity index (χ1n) is 15.3. The van der Waals surface area contributed by atoms with Gasteiger partial charge in [0, 0.05) is 12.5 Å². The van der Waals surface area contributed by atoms with Crippen molar-refractivity contribution in [2.24, 2.45) is 17.8 Å². The zero-order valence-electron chi connectivity index (χ0n) is 26.0. The average Bonchev–Trinajstić information content (AvgIpc) is 3.63. The Morgan fingerprint density at radius 3 is 2.27 bits per heavy atom. The molecule has 2 aromatic carbocycles. The molecule has 1 fully saturated rings. The molecule has 12 heteroatoms. The predicted octanol–water partition coefficient (Wildman–Crippen LogP) is 3.97. The lowest BCUT2D eigenvalue weighted by molar-refractivity contribution is -0.131. The molecule has 0 spiro atoms. The van der Waals surface area contributed by atoms with Crippen LogP contribution in [-0.2, 0) is 25.7 Å². The van der Waals surface area contributed by atoms with Crippen LogP contribution in [0.4, 0.5) is 4.79 Å². The number of fused-ring (bicyclic) bond motifs is 1. The van der Waals surface area contributed by atoms with Crippen LogP contribution < -0.4 is 21.3 Å². The molecule has 1 aliphatic rings. The highest BCUT2D eigenvalue weighted by atomic mass is 32.1. The molecule has 1 aromatic heterocycles. The second-order valence-corrected chi connectivity index (χ2v) is 13.1. The number of Topliss-reactive ketones (excluding diaryl/α,β-unsaturated/α-hetero) is 1. The van der Waals surface area contributed by atoms with Crippen LogP contribution >= 0.6 is 11.3 Å². The molecule has 4 unspecified atom stereocenters. The number of hydrogen-bond acceptors (Lipinski definition) is 8. The third kappa shape index (κ3) is 9.34. The summed E-state index contributed by atoms with van der Waals surface area (Å²) in [4.78, 5) is 70.4. The largest absolute Gasteiger partial charge is 0.445 e. The van der Waals surface area contributed by atoms with Gasteiger partial charge in [-0.15, -0.1) is 11.3 Å². The van der Waals surface area contributed by atoms with E-state index in [0.717, 1.165) is 10.3 Å². The Balaban J connectivity index is 1.48. The predicted molar refractivity (Wildman–Crippen MR) is 171 cm³/mol. The maximum atomic E-state index is 13.8. The number of alkyl carbamates (subject to hydrolysis) is 1. The van der Waals surface area contributed by atoms with E-state index >= 15 is 0 Å². The number of carbonyl (C=O) groups excluding carboxylic acids is 5. The number of nitrogens with zero attached hydrogens (tertiary/aromatic N) is 1. The summed E-state index contributed by atoms with van der Waals surface area (Å²) in [6.45, 7) is 7.93. The molecule has 3 aromatic rings. The third-order valence-corrected chi connectivity index (χ3v) is 8.65. The Hall–Kier alpha value is -4.32. The molecular formula is C33H41N5O6S.